The second kappa shape index (κ2) is 4.35. The van der Waals surface area contributed by atoms with Gasteiger partial charge in [-0.25, -0.2) is 0 Å². The van der Waals surface area contributed by atoms with E-state index in [0.29, 0.717) is 0 Å². The lowest BCUT2D eigenvalue weighted by atomic mass is 9.80. The van der Waals surface area contributed by atoms with Gasteiger partial charge in [-0.05, 0) is 5.41 Å². The van der Waals surface area contributed by atoms with Crippen LogP contribution in [0.25, 0.3) is 0 Å². The van der Waals surface area contributed by atoms with Crippen LogP contribution in [-0.4, -0.2) is 57.6 Å². The van der Waals surface area contributed by atoms with Gasteiger partial charge in [0, 0.05) is 0 Å². The van der Waals surface area contributed by atoms with Crippen molar-refractivity contribution in [3.8, 4) is 0 Å². The summed E-state index contributed by atoms with van der Waals surface area (Å²) in [5, 5.41) is 37.8. The van der Waals surface area contributed by atoms with Crippen molar-refractivity contribution in [2.75, 3.05) is 6.61 Å². The van der Waals surface area contributed by atoms with Crippen molar-refractivity contribution >= 4 is 0 Å². The standard InChI is InChI=1S/C10H20O5/c1-10(2,3)9-8(14)7(13)6(12)5(4-11)15-9/h5-9,11-14H,4H2,1-3H3/t5?,6-,7+,8?,9-/m1/s1. The molecule has 1 heterocycles. The largest absolute Gasteiger partial charge is 0.394 e. The summed E-state index contributed by atoms with van der Waals surface area (Å²) >= 11 is 0. The van der Waals surface area contributed by atoms with Crippen LogP contribution in [-0.2, 0) is 4.74 Å². The normalized spacial score (nSPS) is 43.0. The molecule has 0 spiro atoms. The Morgan fingerprint density at radius 3 is 1.93 bits per heavy atom. The molecule has 1 saturated heterocycles. The minimum atomic E-state index is -1.28. The first kappa shape index (κ1) is 12.9. The lowest BCUT2D eigenvalue weighted by molar-refractivity contribution is -0.250. The van der Waals surface area contributed by atoms with Crippen LogP contribution < -0.4 is 0 Å². The third-order valence-corrected chi connectivity index (χ3v) is 2.75. The van der Waals surface area contributed by atoms with E-state index >= 15 is 0 Å². The predicted octanol–water partition coefficient (Wildman–Crippen LogP) is -1.13. The number of hydrogen-bond acceptors (Lipinski definition) is 5. The highest BCUT2D eigenvalue weighted by Gasteiger charge is 2.47. The van der Waals surface area contributed by atoms with E-state index in [1.165, 1.54) is 0 Å². The van der Waals surface area contributed by atoms with Crippen molar-refractivity contribution in [1.29, 1.82) is 0 Å². The van der Waals surface area contributed by atoms with Gasteiger partial charge in [0.15, 0.2) is 0 Å². The molecule has 5 nitrogen and oxygen atoms in total. The van der Waals surface area contributed by atoms with Gasteiger partial charge >= 0.3 is 0 Å². The Morgan fingerprint density at radius 1 is 1.00 bits per heavy atom. The van der Waals surface area contributed by atoms with Crippen molar-refractivity contribution in [1.82, 2.24) is 0 Å². The summed E-state index contributed by atoms with van der Waals surface area (Å²) < 4.78 is 5.38. The summed E-state index contributed by atoms with van der Waals surface area (Å²) in [6.07, 6.45) is -5.10. The third kappa shape index (κ3) is 2.49. The molecule has 0 aromatic heterocycles. The molecular formula is C10H20O5. The Labute approximate surface area is 89.3 Å². The monoisotopic (exact) mass is 220 g/mol. The van der Waals surface area contributed by atoms with Crippen LogP contribution in [0.1, 0.15) is 20.8 Å². The third-order valence-electron chi connectivity index (χ3n) is 2.75. The smallest absolute Gasteiger partial charge is 0.111 e. The van der Waals surface area contributed by atoms with Crippen molar-refractivity contribution in [2.45, 2.75) is 51.3 Å². The van der Waals surface area contributed by atoms with Crippen molar-refractivity contribution in [2.24, 2.45) is 5.41 Å². The summed E-state index contributed by atoms with van der Waals surface area (Å²) in [6.45, 7) is 5.21. The molecule has 0 amide bonds. The fourth-order valence-corrected chi connectivity index (χ4v) is 1.82. The Morgan fingerprint density at radius 2 is 1.53 bits per heavy atom. The van der Waals surface area contributed by atoms with Gasteiger partial charge in [-0.1, -0.05) is 20.8 Å². The second-order valence-electron chi connectivity index (χ2n) is 5.12. The summed E-state index contributed by atoms with van der Waals surface area (Å²) in [5.41, 5.74) is -0.367. The van der Waals surface area contributed by atoms with Gasteiger partial charge in [0.05, 0.1) is 12.7 Å². The van der Waals surface area contributed by atoms with Gasteiger partial charge in [-0.15, -0.1) is 0 Å². The molecule has 1 fully saturated rings. The quantitative estimate of drug-likeness (QED) is 0.449. The summed E-state index contributed by atoms with van der Waals surface area (Å²) in [6, 6.07) is 0. The fourth-order valence-electron chi connectivity index (χ4n) is 1.82. The highest BCUT2D eigenvalue weighted by Crippen LogP contribution is 2.32. The molecule has 0 bridgehead atoms. The number of aliphatic hydroxyl groups excluding tert-OH is 4. The van der Waals surface area contributed by atoms with E-state index in [1.807, 2.05) is 20.8 Å². The van der Waals surface area contributed by atoms with Gasteiger partial charge in [0.2, 0.25) is 0 Å². The van der Waals surface area contributed by atoms with Crippen LogP contribution in [0.15, 0.2) is 0 Å². The minimum absolute atomic E-state index is 0.367. The maximum Gasteiger partial charge on any atom is 0.111 e. The van der Waals surface area contributed by atoms with Gasteiger partial charge in [-0.3, -0.25) is 0 Å². The van der Waals surface area contributed by atoms with E-state index in [1.54, 1.807) is 0 Å². The molecule has 15 heavy (non-hydrogen) atoms. The first-order valence-electron chi connectivity index (χ1n) is 5.09. The van der Waals surface area contributed by atoms with Gasteiger partial charge in [-0.2, -0.15) is 0 Å². The fraction of sp³-hybridized carbons (Fsp3) is 1.00. The topological polar surface area (TPSA) is 90.2 Å². The SMILES string of the molecule is CC(C)(C)[C@@H]1OC(CO)[C@@H](O)[C@H](O)C1O. The summed E-state index contributed by atoms with van der Waals surface area (Å²) in [7, 11) is 0. The zero-order valence-corrected chi connectivity index (χ0v) is 9.29. The molecule has 1 rings (SSSR count). The maximum absolute atomic E-state index is 9.74. The lowest BCUT2D eigenvalue weighted by Crippen LogP contribution is -2.61. The number of hydrogen-bond donors (Lipinski definition) is 4. The first-order valence-corrected chi connectivity index (χ1v) is 5.09. The van der Waals surface area contributed by atoms with Gasteiger partial charge in [0.25, 0.3) is 0 Å². The molecule has 0 aromatic carbocycles. The predicted molar refractivity (Wildman–Crippen MR) is 53.2 cm³/mol. The Kier molecular flexibility index (Phi) is 3.73. The van der Waals surface area contributed by atoms with E-state index in [-0.39, 0.29) is 12.0 Å². The van der Waals surface area contributed by atoms with Crippen LogP contribution in [0.4, 0.5) is 0 Å². The first-order chi connectivity index (χ1) is 6.79. The molecular weight excluding hydrogens is 200 g/mol. The molecule has 1 aliphatic rings. The summed E-state index contributed by atoms with van der Waals surface area (Å²) in [4.78, 5) is 0. The van der Waals surface area contributed by atoms with Crippen LogP contribution in [0.3, 0.4) is 0 Å². The molecule has 4 N–H and O–H groups in total. The number of ether oxygens (including phenoxy) is 1. The van der Waals surface area contributed by atoms with Crippen molar-refractivity contribution in [3.05, 3.63) is 0 Å². The molecule has 0 radical (unpaired) electrons. The zero-order valence-electron chi connectivity index (χ0n) is 9.29. The highest BCUT2D eigenvalue weighted by atomic mass is 16.5. The van der Waals surface area contributed by atoms with Gasteiger partial charge < -0.3 is 25.2 Å². The second-order valence-corrected chi connectivity index (χ2v) is 5.12. The molecule has 5 heteroatoms. The van der Waals surface area contributed by atoms with Crippen LogP contribution in [0.5, 0.6) is 0 Å². The minimum Gasteiger partial charge on any atom is -0.394 e. The van der Waals surface area contributed by atoms with Crippen LogP contribution >= 0.6 is 0 Å². The Hall–Kier alpha value is -0.200. The lowest BCUT2D eigenvalue weighted by Gasteiger charge is -2.45. The van der Waals surface area contributed by atoms with Crippen LogP contribution in [0, 0.1) is 5.41 Å². The molecule has 90 valence electrons. The maximum atomic E-state index is 9.74. The van der Waals surface area contributed by atoms with Crippen LogP contribution in [0.2, 0.25) is 0 Å². The van der Waals surface area contributed by atoms with E-state index in [0.717, 1.165) is 0 Å². The highest BCUT2D eigenvalue weighted by molar-refractivity contribution is 4.96. The average Bonchev–Trinajstić information content (AvgIpc) is 2.13. The molecule has 0 saturated carbocycles. The number of rotatable bonds is 1. The van der Waals surface area contributed by atoms with Gasteiger partial charge in [0.1, 0.15) is 24.4 Å². The van der Waals surface area contributed by atoms with E-state index in [9.17, 15) is 15.3 Å². The summed E-state index contributed by atoms with van der Waals surface area (Å²) in [5.74, 6) is 0. The molecule has 0 aromatic rings. The Balaban J connectivity index is 2.83. The molecule has 1 aliphatic heterocycles. The number of aliphatic hydroxyl groups is 4. The zero-order chi connectivity index (χ0) is 11.8. The molecule has 0 aliphatic carbocycles. The Bertz CT molecular complexity index is 210. The average molecular weight is 220 g/mol. The molecule has 2 unspecified atom stereocenters. The van der Waals surface area contributed by atoms with Crippen molar-refractivity contribution in [3.63, 3.8) is 0 Å². The van der Waals surface area contributed by atoms with E-state index in [4.69, 9.17) is 9.84 Å². The molecule has 5 atom stereocenters. The van der Waals surface area contributed by atoms with E-state index in [2.05, 4.69) is 0 Å². The van der Waals surface area contributed by atoms with Crippen molar-refractivity contribution < 1.29 is 25.2 Å². The van der Waals surface area contributed by atoms with E-state index < -0.39 is 30.5 Å².